The third-order valence-electron chi connectivity index (χ3n) is 6.22. The molecule has 7 heteroatoms. The van der Waals surface area contributed by atoms with Crippen LogP contribution in [-0.4, -0.2) is 62.9 Å². The van der Waals surface area contributed by atoms with Crippen LogP contribution in [0, 0.1) is 13.8 Å². The fraction of sp³-hybridized carbons (Fsp3) is 0.542. The van der Waals surface area contributed by atoms with E-state index in [0.29, 0.717) is 23.3 Å². The number of aromatic nitrogens is 1. The molecule has 7 nitrogen and oxygen atoms in total. The molecule has 0 saturated carbocycles. The summed E-state index contributed by atoms with van der Waals surface area (Å²) in [5.41, 5.74) is 4.11. The van der Waals surface area contributed by atoms with Crippen molar-refractivity contribution in [2.24, 2.45) is 0 Å². The molecule has 1 aliphatic rings. The van der Waals surface area contributed by atoms with E-state index >= 15 is 0 Å². The van der Waals surface area contributed by atoms with Crippen molar-refractivity contribution in [3.05, 3.63) is 40.7 Å². The molecule has 1 fully saturated rings. The van der Waals surface area contributed by atoms with Gasteiger partial charge in [0.15, 0.2) is 11.5 Å². The van der Waals surface area contributed by atoms with Gasteiger partial charge < -0.3 is 28.6 Å². The summed E-state index contributed by atoms with van der Waals surface area (Å²) in [5.74, 6) is 2.14. The summed E-state index contributed by atoms with van der Waals surface area (Å²) in [5, 5.41) is 0. The van der Waals surface area contributed by atoms with Crippen LogP contribution in [0.4, 0.5) is 0 Å². The van der Waals surface area contributed by atoms with Gasteiger partial charge in [-0.25, -0.2) is 0 Å². The smallest absolute Gasteiger partial charge is 0.256 e. The van der Waals surface area contributed by atoms with Crippen LogP contribution in [0.5, 0.6) is 17.2 Å². The summed E-state index contributed by atoms with van der Waals surface area (Å²) in [7, 11) is 4.90. The van der Waals surface area contributed by atoms with Gasteiger partial charge >= 0.3 is 0 Å². The number of piperazine rings is 1. The first kappa shape index (κ1) is 23.0. The molecule has 31 heavy (non-hydrogen) atoms. The van der Waals surface area contributed by atoms with E-state index in [1.807, 2.05) is 30.0 Å². The van der Waals surface area contributed by atoms with Crippen molar-refractivity contribution in [1.82, 2.24) is 9.47 Å². The fourth-order valence-electron chi connectivity index (χ4n) is 4.73. The SMILES string of the molecule is COc1ccc(C[NH+]2CCN(C(=O)c3cc(C)n(C(C)C)c3C)CC2)c(OC)c1OC. The molecule has 1 aromatic carbocycles. The van der Waals surface area contributed by atoms with Crippen LogP contribution in [0.25, 0.3) is 0 Å². The highest BCUT2D eigenvalue weighted by molar-refractivity contribution is 5.95. The van der Waals surface area contributed by atoms with Gasteiger partial charge in [-0.1, -0.05) is 0 Å². The number of hydrogen-bond acceptors (Lipinski definition) is 4. The molecule has 0 unspecified atom stereocenters. The van der Waals surface area contributed by atoms with Gasteiger partial charge in [-0.3, -0.25) is 4.79 Å². The molecule has 3 rings (SSSR count). The van der Waals surface area contributed by atoms with Crippen molar-refractivity contribution in [1.29, 1.82) is 0 Å². The molecule has 0 aliphatic carbocycles. The first-order valence-electron chi connectivity index (χ1n) is 10.9. The van der Waals surface area contributed by atoms with E-state index in [4.69, 9.17) is 14.2 Å². The number of quaternary nitrogens is 1. The molecule has 2 heterocycles. The Bertz CT molecular complexity index is 927. The van der Waals surface area contributed by atoms with Gasteiger partial charge in [0.05, 0.1) is 58.6 Å². The van der Waals surface area contributed by atoms with E-state index in [2.05, 4.69) is 25.3 Å². The average Bonchev–Trinajstić information content (AvgIpc) is 3.07. The van der Waals surface area contributed by atoms with Crippen LogP contribution >= 0.6 is 0 Å². The minimum Gasteiger partial charge on any atom is -0.493 e. The number of hydrogen-bond donors (Lipinski definition) is 1. The number of ether oxygens (including phenoxy) is 3. The second-order valence-corrected chi connectivity index (χ2v) is 8.46. The average molecular weight is 431 g/mol. The highest BCUT2D eigenvalue weighted by atomic mass is 16.5. The molecule has 170 valence electrons. The van der Waals surface area contributed by atoms with E-state index in [9.17, 15) is 4.79 Å². The molecule has 1 aromatic heterocycles. The monoisotopic (exact) mass is 430 g/mol. The predicted molar refractivity (Wildman–Crippen MR) is 121 cm³/mol. The van der Waals surface area contributed by atoms with Crippen molar-refractivity contribution in [2.75, 3.05) is 47.5 Å². The van der Waals surface area contributed by atoms with Crippen LogP contribution in [0.2, 0.25) is 0 Å². The molecule has 1 N–H and O–H groups in total. The van der Waals surface area contributed by atoms with Crippen molar-refractivity contribution < 1.29 is 23.9 Å². The zero-order valence-corrected chi connectivity index (χ0v) is 19.9. The first-order chi connectivity index (χ1) is 14.8. The van der Waals surface area contributed by atoms with Crippen LogP contribution in [0.3, 0.4) is 0 Å². The summed E-state index contributed by atoms with van der Waals surface area (Å²) in [6.07, 6.45) is 0. The summed E-state index contributed by atoms with van der Waals surface area (Å²) in [4.78, 5) is 16.6. The number of amides is 1. The second-order valence-electron chi connectivity index (χ2n) is 8.46. The summed E-state index contributed by atoms with van der Waals surface area (Å²) < 4.78 is 18.8. The summed E-state index contributed by atoms with van der Waals surface area (Å²) >= 11 is 0. The third-order valence-corrected chi connectivity index (χ3v) is 6.22. The highest BCUT2D eigenvalue weighted by Crippen LogP contribution is 2.39. The minimum absolute atomic E-state index is 0.141. The molecule has 1 amide bonds. The Balaban J connectivity index is 1.68. The molecule has 2 aromatic rings. The van der Waals surface area contributed by atoms with Gasteiger partial charge in [-0.15, -0.1) is 0 Å². The number of rotatable bonds is 7. The largest absolute Gasteiger partial charge is 0.493 e. The number of aryl methyl sites for hydroxylation is 1. The van der Waals surface area contributed by atoms with Gasteiger partial charge in [-0.2, -0.15) is 0 Å². The van der Waals surface area contributed by atoms with E-state index in [0.717, 1.165) is 55.2 Å². The fourth-order valence-corrected chi connectivity index (χ4v) is 4.73. The Morgan fingerprint density at radius 1 is 1.03 bits per heavy atom. The standard InChI is InChI=1S/C24H35N3O4/c1-16(2)27-17(3)14-20(18(27)4)24(28)26-12-10-25(11-13-26)15-19-8-9-21(29-5)23(31-7)22(19)30-6/h8-9,14,16H,10-13,15H2,1-7H3/p+1. The lowest BCUT2D eigenvalue weighted by Crippen LogP contribution is -3.13. The Labute approximate surface area is 185 Å². The zero-order chi connectivity index (χ0) is 22.7. The van der Waals surface area contributed by atoms with Gasteiger partial charge in [0.25, 0.3) is 5.91 Å². The maximum absolute atomic E-state index is 13.2. The Morgan fingerprint density at radius 2 is 1.68 bits per heavy atom. The quantitative estimate of drug-likeness (QED) is 0.732. The van der Waals surface area contributed by atoms with E-state index in [1.54, 1.807) is 21.3 Å². The molecular formula is C24H36N3O4+. The first-order valence-corrected chi connectivity index (χ1v) is 10.9. The number of benzene rings is 1. The zero-order valence-electron chi connectivity index (χ0n) is 19.9. The molecule has 0 bridgehead atoms. The van der Waals surface area contributed by atoms with Crippen LogP contribution in [0.1, 0.15) is 47.2 Å². The summed E-state index contributed by atoms with van der Waals surface area (Å²) in [6, 6.07) is 6.33. The second kappa shape index (κ2) is 9.64. The molecule has 0 spiro atoms. The lowest BCUT2D eigenvalue weighted by molar-refractivity contribution is -0.917. The predicted octanol–water partition coefficient (Wildman–Crippen LogP) is 2.25. The molecule has 1 aliphatic heterocycles. The van der Waals surface area contributed by atoms with Crippen LogP contribution in [-0.2, 0) is 6.54 Å². The van der Waals surface area contributed by atoms with E-state index in [-0.39, 0.29) is 5.91 Å². The highest BCUT2D eigenvalue weighted by Gasteiger charge is 2.28. The lowest BCUT2D eigenvalue weighted by atomic mass is 10.1. The van der Waals surface area contributed by atoms with Crippen LogP contribution < -0.4 is 19.1 Å². The van der Waals surface area contributed by atoms with Crippen molar-refractivity contribution in [2.45, 2.75) is 40.3 Å². The van der Waals surface area contributed by atoms with E-state index < -0.39 is 0 Å². The van der Waals surface area contributed by atoms with Crippen molar-refractivity contribution in [3.63, 3.8) is 0 Å². The van der Waals surface area contributed by atoms with E-state index in [1.165, 1.54) is 4.90 Å². The maximum Gasteiger partial charge on any atom is 0.256 e. The topological polar surface area (TPSA) is 57.4 Å². The Kier molecular flexibility index (Phi) is 7.15. The third kappa shape index (κ3) is 4.51. The number of nitrogens with one attached hydrogen (secondary N) is 1. The van der Waals surface area contributed by atoms with Crippen LogP contribution in [0.15, 0.2) is 18.2 Å². The lowest BCUT2D eigenvalue weighted by Gasteiger charge is -2.32. The Hall–Kier alpha value is -2.67. The molecule has 1 saturated heterocycles. The normalized spacial score (nSPS) is 14.8. The number of carbonyl (C=O) groups is 1. The number of methoxy groups -OCH3 is 3. The molecule has 0 radical (unpaired) electrons. The van der Waals surface area contributed by atoms with Crippen molar-refractivity contribution in [3.8, 4) is 17.2 Å². The maximum atomic E-state index is 13.2. The number of nitrogens with zero attached hydrogens (tertiary/aromatic N) is 2. The summed E-state index contributed by atoms with van der Waals surface area (Å²) in [6.45, 7) is 12.5. The Morgan fingerprint density at radius 3 is 2.19 bits per heavy atom. The van der Waals surface area contributed by atoms with Gasteiger partial charge in [-0.05, 0) is 45.9 Å². The van der Waals surface area contributed by atoms with Crippen molar-refractivity contribution >= 4 is 5.91 Å². The van der Waals surface area contributed by atoms with Gasteiger partial charge in [0.1, 0.15) is 6.54 Å². The van der Waals surface area contributed by atoms with Gasteiger partial charge in [0, 0.05) is 17.4 Å². The number of carbonyl (C=O) groups excluding carboxylic acids is 1. The molecular weight excluding hydrogens is 394 g/mol. The minimum atomic E-state index is 0.141. The molecule has 0 atom stereocenters. The van der Waals surface area contributed by atoms with Gasteiger partial charge in [0.2, 0.25) is 5.75 Å².